The molecule has 0 heterocycles. The molecule has 0 aromatic rings. The second kappa shape index (κ2) is 5.10. The van der Waals surface area contributed by atoms with Crippen molar-refractivity contribution in [3.63, 3.8) is 0 Å². The summed E-state index contributed by atoms with van der Waals surface area (Å²) in [4.78, 5) is 14.7. The fourth-order valence-corrected chi connectivity index (χ4v) is 0.300. The molecule has 1 N–H and O–H groups in total. The van der Waals surface area contributed by atoms with Gasteiger partial charge in [0.2, 0.25) is 0 Å². The van der Waals surface area contributed by atoms with Gasteiger partial charge in [-0.1, -0.05) is 5.16 Å². The molecule has 0 aromatic heterocycles. The molecule has 0 spiro atoms. The lowest BCUT2D eigenvalue weighted by molar-refractivity contribution is 0.153. The number of nitrogens with one attached hydrogen (secondary N) is 1. The van der Waals surface area contributed by atoms with Gasteiger partial charge >= 0.3 is 6.09 Å². The Hall–Kier alpha value is -0.710. The van der Waals surface area contributed by atoms with E-state index in [1.807, 2.05) is 6.26 Å². The first-order valence-corrected chi connectivity index (χ1v) is 3.90. The molecule has 0 rings (SSSR count). The molecule has 4 nitrogen and oxygen atoms in total. The van der Waals surface area contributed by atoms with Crippen LogP contribution in [0.2, 0.25) is 0 Å². The summed E-state index contributed by atoms with van der Waals surface area (Å²) in [6.07, 6.45) is 1.31. The number of carbonyl (C=O) groups is 1. The summed E-state index contributed by atoms with van der Waals surface area (Å²) >= 11 is 1.42. The van der Waals surface area contributed by atoms with Crippen molar-refractivity contribution >= 4 is 22.9 Å². The Kier molecular flexibility index (Phi) is 4.74. The first-order chi connectivity index (χ1) is 4.70. The van der Waals surface area contributed by atoms with Crippen LogP contribution in [-0.2, 0) is 4.84 Å². The van der Waals surface area contributed by atoms with Gasteiger partial charge in [-0.05, 0) is 13.2 Å². The van der Waals surface area contributed by atoms with Gasteiger partial charge in [-0.3, -0.25) is 4.84 Å². The zero-order chi connectivity index (χ0) is 7.98. The van der Waals surface area contributed by atoms with Crippen LogP contribution >= 0.6 is 11.8 Å². The van der Waals surface area contributed by atoms with E-state index in [1.54, 1.807) is 6.92 Å². The van der Waals surface area contributed by atoms with E-state index in [-0.39, 0.29) is 0 Å². The van der Waals surface area contributed by atoms with Crippen LogP contribution in [-0.4, -0.2) is 24.4 Å². The minimum absolute atomic E-state index is 0.548. The average Bonchev–Trinajstić information content (AvgIpc) is 1.99. The van der Waals surface area contributed by atoms with Crippen LogP contribution in [0, 0.1) is 0 Å². The van der Waals surface area contributed by atoms with E-state index in [4.69, 9.17) is 0 Å². The predicted octanol–water partition coefficient (Wildman–Crippen LogP) is 1.04. The van der Waals surface area contributed by atoms with Gasteiger partial charge in [0.15, 0.2) is 0 Å². The van der Waals surface area contributed by atoms with Crippen molar-refractivity contribution < 1.29 is 9.63 Å². The maximum atomic E-state index is 10.4. The first kappa shape index (κ1) is 9.29. The summed E-state index contributed by atoms with van der Waals surface area (Å²) in [5, 5.41) is 6.46. The molecule has 1 amide bonds. The normalized spacial score (nSPS) is 10.9. The zero-order valence-electron chi connectivity index (χ0n) is 6.17. The largest absolute Gasteiger partial charge is 0.433 e. The van der Waals surface area contributed by atoms with Crippen LogP contribution in [0.4, 0.5) is 4.79 Å². The molecular weight excluding hydrogens is 152 g/mol. The summed E-state index contributed by atoms with van der Waals surface area (Å²) in [5.41, 5.74) is 0. The van der Waals surface area contributed by atoms with Gasteiger partial charge in [0.25, 0.3) is 0 Å². The minimum Gasteiger partial charge on any atom is -0.323 e. The Bertz CT molecular complexity index is 147. The summed E-state index contributed by atoms with van der Waals surface area (Å²) in [6.45, 7) is 1.76. The van der Waals surface area contributed by atoms with Crippen molar-refractivity contribution in [2.45, 2.75) is 6.92 Å². The van der Waals surface area contributed by atoms with Crippen LogP contribution in [0.1, 0.15) is 6.92 Å². The molecule has 0 aliphatic heterocycles. The third kappa shape index (κ3) is 4.20. The maximum Gasteiger partial charge on any atom is 0.433 e. The van der Waals surface area contributed by atoms with E-state index >= 15 is 0 Å². The van der Waals surface area contributed by atoms with Gasteiger partial charge in [-0.2, -0.15) is 0 Å². The molecule has 0 saturated heterocycles. The first-order valence-electron chi connectivity index (χ1n) is 2.68. The Morgan fingerprint density at radius 1 is 1.70 bits per heavy atom. The van der Waals surface area contributed by atoms with Crippen molar-refractivity contribution in [2.75, 3.05) is 13.3 Å². The number of rotatable bonds is 1. The van der Waals surface area contributed by atoms with Gasteiger partial charge in [0.1, 0.15) is 5.04 Å². The van der Waals surface area contributed by atoms with E-state index in [2.05, 4.69) is 15.3 Å². The lowest BCUT2D eigenvalue weighted by atomic mass is 10.9. The third-order valence-electron chi connectivity index (χ3n) is 0.757. The Morgan fingerprint density at radius 3 is 2.70 bits per heavy atom. The standard InChI is InChI=1S/C5H10N2O2S/c1-4(10-3)7-9-5(8)6-2/h1-3H3,(H,6,8). The zero-order valence-corrected chi connectivity index (χ0v) is 6.99. The number of carbonyl (C=O) groups excluding carboxylic acids is 1. The van der Waals surface area contributed by atoms with Crippen molar-refractivity contribution in [1.82, 2.24) is 5.32 Å². The number of hydrogen-bond acceptors (Lipinski definition) is 4. The van der Waals surface area contributed by atoms with E-state index in [0.29, 0.717) is 5.04 Å². The lowest BCUT2D eigenvalue weighted by Crippen LogP contribution is -2.16. The Balaban J connectivity index is 3.61. The third-order valence-corrected chi connectivity index (χ3v) is 1.42. The second-order valence-corrected chi connectivity index (χ2v) is 2.44. The summed E-state index contributed by atoms with van der Waals surface area (Å²) < 4.78 is 0. The monoisotopic (exact) mass is 162 g/mol. The Labute approximate surface area is 64.0 Å². The van der Waals surface area contributed by atoms with E-state index in [1.165, 1.54) is 18.8 Å². The maximum absolute atomic E-state index is 10.4. The molecule has 0 aromatic carbocycles. The fourth-order valence-electron chi connectivity index (χ4n) is 0.189. The lowest BCUT2D eigenvalue weighted by Gasteiger charge is -1.95. The van der Waals surface area contributed by atoms with Gasteiger partial charge in [0, 0.05) is 7.05 Å². The molecule has 58 valence electrons. The highest BCUT2D eigenvalue weighted by atomic mass is 32.2. The highest BCUT2D eigenvalue weighted by Crippen LogP contribution is 1.96. The molecule has 0 aliphatic rings. The smallest absolute Gasteiger partial charge is 0.323 e. The molecular formula is C5H10N2O2S. The second-order valence-electron chi connectivity index (χ2n) is 1.44. The van der Waals surface area contributed by atoms with Crippen LogP contribution in [0.5, 0.6) is 0 Å². The van der Waals surface area contributed by atoms with Crippen molar-refractivity contribution in [2.24, 2.45) is 5.16 Å². The Morgan fingerprint density at radius 2 is 2.30 bits per heavy atom. The summed E-state index contributed by atoms with van der Waals surface area (Å²) in [6, 6.07) is 0. The minimum atomic E-state index is -0.548. The van der Waals surface area contributed by atoms with E-state index in [0.717, 1.165) is 0 Å². The number of thioether (sulfide) groups is 1. The SMILES string of the molecule is CNC(=O)ON=C(C)SC. The molecule has 5 heteroatoms. The number of hydrogen-bond donors (Lipinski definition) is 1. The quantitative estimate of drug-likeness (QED) is 0.271. The number of oxime groups is 1. The van der Waals surface area contributed by atoms with Crippen LogP contribution < -0.4 is 5.32 Å². The van der Waals surface area contributed by atoms with E-state index in [9.17, 15) is 4.79 Å². The molecule has 0 saturated carbocycles. The predicted molar refractivity (Wildman–Crippen MR) is 42.2 cm³/mol. The van der Waals surface area contributed by atoms with Crippen molar-refractivity contribution in [3.8, 4) is 0 Å². The number of amides is 1. The van der Waals surface area contributed by atoms with Crippen LogP contribution in [0.3, 0.4) is 0 Å². The molecule has 0 atom stereocenters. The highest BCUT2D eigenvalue weighted by molar-refractivity contribution is 8.13. The average molecular weight is 162 g/mol. The van der Waals surface area contributed by atoms with E-state index < -0.39 is 6.09 Å². The van der Waals surface area contributed by atoms with Crippen molar-refractivity contribution in [1.29, 1.82) is 0 Å². The van der Waals surface area contributed by atoms with Crippen LogP contribution in [0.15, 0.2) is 5.16 Å². The molecule has 0 bridgehead atoms. The van der Waals surface area contributed by atoms with Gasteiger partial charge < -0.3 is 5.32 Å². The summed E-state index contributed by atoms with van der Waals surface area (Å²) in [5.74, 6) is 0. The molecule has 0 aliphatic carbocycles. The molecule has 10 heavy (non-hydrogen) atoms. The molecule has 0 unspecified atom stereocenters. The van der Waals surface area contributed by atoms with Crippen LogP contribution in [0.25, 0.3) is 0 Å². The van der Waals surface area contributed by atoms with Crippen molar-refractivity contribution in [3.05, 3.63) is 0 Å². The molecule has 0 fully saturated rings. The molecule has 0 radical (unpaired) electrons. The fraction of sp³-hybridized carbons (Fsp3) is 0.600. The van der Waals surface area contributed by atoms with Gasteiger partial charge in [-0.25, -0.2) is 4.79 Å². The highest BCUT2D eigenvalue weighted by Gasteiger charge is 1.94. The van der Waals surface area contributed by atoms with Gasteiger partial charge in [-0.15, -0.1) is 11.8 Å². The summed E-state index contributed by atoms with van der Waals surface area (Å²) in [7, 11) is 1.48. The number of nitrogens with zero attached hydrogens (tertiary/aromatic N) is 1. The van der Waals surface area contributed by atoms with Gasteiger partial charge in [0.05, 0.1) is 0 Å². The topological polar surface area (TPSA) is 50.7 Å².